The molecule has 1 aromatic rings. The van der Waals surface area contributed by atoms with Crippen molar-refractivity contribution >= 4 is 11.8 Å². The van der Waals surface area contributed by atoms with Gasteiger partial charge in [0.1, 0.15) is 11.9 Å². The van der Waals surface area contributed by atoms with Crippen molar-refractivity contribution in [3.8, 4) is 5.75 Å². The van der Waals surface area contributed by atoms with Crippen LogP contribution >= 0.6 is 0 Å². The van der Waals surface area contributed by atoms with Gasteiger partial charge in [0.05, 0.1) is 5.69 Å². The smallest absolute Gasteiger partial charge is 0.412 e. The van der Waals surface area contributed by atoms with Gasteiger partial charge in [-0.1, -0.05) is 46.8 Å². The van der Waals surface area contributed by atoms with Crippen LogP contribution in [0.15, 0.2) is 24.3 Å². The van der Waals surface area contributed by atoms with E-state index in [-0.39, 0.29) is 17.8 Å². The molecule has 2 unspecified atom stereocenters. The predicted molar refractivity (Wildman–Crippen MR) is 85.5 cm³/mol. The second-order valence-electron chi connectivity index (χ2n) is 6.32. The molecule has 0 aliphatic carbocycles. The number of hydrogen-bond acceptors (Lipinski definition) is 3. The molecule has 118 valence electrons. The zero-order valence-corrected chi connectivity index (χ0v) is 13.6. The molecule has 4 heteroatoms. The number of phenols is 1. The number of ether oxygens (including phenoxy) is 1. The zero-order chi connectivity index (χ0) is 16.0. The van der Waals surface area contributed by atoms with Gasteiger partial charge in [-0.15, -0.1) is 0 Å². The normalized spacial score (nSPS) is 14.0. The standard InChI is InChI=1S/C17H27NO3/c1-11(2)10-16(13(5)12(3)4)21-17(20)18-14-8-6-7-9-15(14)19/h6-9,11-13,16,19H,10H2,1-5H3,(H,18,20). The fourth-order valence-electron chi connectivity index (χ4n) is 2.12. The summed E-state index contributed by atoms with van der Waals surface area (Å²) < 4.78 is 5.58. The van der Waals surface area contributed by atoms with Crippen molar-refractivity contribution in [2.75, 3.05) is 5.32 Å². The van der Waals surface area contributed by atoms with Gasteiger partial charge in [-0.2, -0.15) is 0 Å². The van der Waals surface area contributed by atoms with E-state index in [9.17, 15) is 9.90 Å². The number of carbonyl (C=O) groups is 1. The highest BCUT2D eigenvalue weighted by Crippen LogP contribution is 2.25. The van der Waals surface area contributed by atoms with Crippen LogP contribution in [-0.2, 0) is 4.74 Å². The van der Waals surface area contributed by atoms with Crippen molar-refractivity contribution < 1.29 is 14.6 Å². The summed E-state index contributed by atoms with van der Waals surface area (Å²) in [6, 6.07) is 6.61. The maximum absolute atomic E-state index is 12.0. The zero-order valence-electron chi connectivity index (χ0n) is 13.6. The second kappa shape index (κ2) is 7.91. The summed E-state index contributed by atoms with van der Waals surface area (Å²) in [5.41, 5.74) is 0.364. The molecule has 0 fully saturated rings. The predicted octanol–water partition coefficient (Wildman–Crippen LogP) is 4.65. The lowest BCUT2D eigenvalue weighted by Gasteiger charge is -2.28. The van der Waals surface area contributed by atoms with Crippen molar-refractivity contribution in [2.24, 2.45) is 17.8 Å². The number of para-hydroxylation sites is 2. The molecule has 0 aliphatic rings. The average Bonchev–Trinajstić information content (AvgIpc) is 2.39. The molecule has 0 spiro atoms. The van der Waals surface area contributed by atoms with E-state index in [1.807, 2.05) is 0 Å². The lowest BCUT2D eigenvalue weighted by Crippen LogP contribution is -2.31. The minimum Gasteiger partial charge on any atom is -0.506 e. The fourth-order valence-corrected chi connectivity index (χ4v) is 2.12. The lowest BCUT2D eigenvalue weighted by molar-refractivity contribution is 0.0478. The molecule has 0 saturated carbocycles. The number of phenolic OH excluding ortho intramolecular Hbond substituents is 1. The van der Waals surface area contributed by atoms with Gasteiger partial charge in [-0.3, -0.25) is 5.32 Å². The summed E-state index contributed by atoms with van der Waals surface area (Å²) in [6.07, 6.45) is 0.179. The third kappa shape index (κ3) is 5.66. The van der Waals surface area contributed by atoms with Crippen LogP contribution in [0.4, 0.5) is 10.5 Å². The molecule has 0 radical (unpaired) electrons. The molecule has 2 atom stereocenters. The SMILES string of the molecule is CC(C)CC(OC(=O)Nc1ccccc1O)C(C)C(C)C. The van der Waals surface area contributed by atoms with Crippen molar-refractivity contribution in [1.82, 2.24) is 0 Å². The van der Waals surface area contributed by atoms with E-state index < -0.39 is 6.09 Å². The quantitative estimate of drug-likeness (QED) is 0.751. The molecule has 1 rings (SSSR count). The van der Waals surface area contributed by atoms with Crippen molar-refractivity contribution in [2.45, 2.75) is 47.1 Å². The van der Waals surface area contributed by atoms with Gasteiger partial charge in [-0.25, -0.2) is 4.79 Å². The van der Waals surface area contributed by atoms with E-state index in [1.54, 1.807) is 18.2 Å². The van der Waals surface area contributed by atoms with Crippen molar-refractivity contribution in [3.05, 3.63) is 24.3 Å². The number of carbonyl (C=O) groups excluding carboxylic acids is 1. The number of aromatic hydroxyl groups is 1. The van der Waals surface area contributed by atoms with Gasteiger partial charge >= 0.3 is 6.09 Å². The van der Waals surface area contributed by atoms with Gasteiger partial charge in [0.15, 0.2) is 0 Å². The van der Waals surface area contributed by atoms with Crippen molar-refractivity contribution in [1.29, 1.82) is 0 Å². The largest absolute Gasteiger partial charge is 0.506 e. The van der Waals surface area contributed by atoms with E-state index in [1.165, 1.54) is 6.07 Å². The summed E-state index contributed by atoms with van der Waals surface area (Å²) in [5.74, 6) is 1.20. The summed E-state index contributed by atoms with van der Waals surface area (Å²) in [5, 5.41) is 12.3. The molecule has 2 N–H and O–H groups in total. The van der Waals surface area contributed by atoms with Gasteiger partial charge in [0.2, 0.25) is 0 Å². The Morgan fingerprint density at radius 2 is 1.81 bits per heavy atom. The molecule has 0 bridgehead atoms. The molecule has 21 heavy (non-hydrogen) atoms. The first kappa shape index (κ1) is 17.3. The Kier molecular flexibility index (Phi) is 6.53. The van der Waals surface area contributed by atoms with Crippen LogP contribution in [-0.4, -0.2) is 17.3 Å². The molecule has 0 aliphatic heterocycles. The minimum absolute atomic E-state index is 0.0340. The van der Waals surface area contributed by atoms with Gasteiger partial charge < -0.3 is 9.84 Å². The lowest BCUT2D eigenvalue weighted by atomic mass is 9.87. The molecule has 1 aromatic carbocycles. The fraction of sp³-hybridized carbons (Fsp3) is 0.588. The Bertz CT molecular complexity index is 457. The van der Waals surface area contributed by atoms with E-state index >= 15 is 0 Å². The highest BCUT2D eigenvalue weighted by molar-refractivity contribution is 5.86. The average molecular weight is 293 g/mol. The first-order chi connectivity index (χ1) is 9.81. The molecule has 0 heterocycles. The Balaban J connectivity index is 2.70. The number of nitrogens with one attached hydrogen (secondary N) is 1. The summed E-state index contributed by atoms with van der Waals surface area (Å²) in [7, 11) is 0. The Hall–Kier alpha value is -1.71. The van der Waals surface area contributed by atoms with Gasteiger partial charge in [0.25, 0.3) is 0 Å². The third-order valence-corrected chi connectivity index (χ3v) is 3.74. The highest BCUT2D eigenvalue weighted by atomic mass is 16.6. The van der Waals surface area contributed by atoms with Crippen LogP contribution in [0.1, 0.15) is 41.0 Å². The first-order valence-corrected chi connectivity index (χ1v) is 7.56. The van der Waals surface area contributed by atoms with E-state index in [0.717, 1.165) is 6.42 Å². The summed E-state index contributed by atoms with van der Waals surface area (Å²) in [4.78, 5) is 12.0. The van der Waals surface area contributed by atoms with Crippen LogP contribution in [0.5, 0.6) is 5.75 Å². The van der Waals surface area contributed by atoms with Crippen LogP contribution in [0.3, 0.4) is 0 Å². The third-order valence-electron chi connectivity index (χ3n) is 3.74. The summed E-state index contributed by atoms with van der Waals surface area (Å²) >= 11 is 0. The number of benzene rings is 1. The Labute approximate surface area is 127 Å². The molecule has 0 saturated heterocycles. The molecular weight excluding hydrogens is 266 g/mol. The van der Waals surface area contributed by atoms with Gasteiger partial charge in [-0.05, 0) is 36.3 Å². The van der Waals surface area contributed by atoms with Crippen molar-refractivity contribution in [3.63, 3.8) is 0 Å². The van der Waals surface area contributed by atoms with Crippen LogP contribution in [0.25, 0.3) is 0 Å². The topological polar surface area (TPSA) is 58.6 Å². The number of hydrogen-bond donors (Lipinski definition) is 2. The second-order valence-corrected chi connectivity index (χ2v) is 6.32. The monoisotopic (exact) mass is 293 g/mol. The maximum Gasteiger partial charge on any atom is 0.412 e. The minimum atomic E-state index is -0.519. The van der Waals surface area contributed by atoms with E-state index in [4.69, 9.17) is 4.74 Å². The number of amides is 1. The van der Waals surface area contributed by atoms with Crippen LogP contribution in [0.2, 0.25) is 0 Å². The Morgan fingerprint density at radius 1 is 1.19 bits per heavy atom. The van der Waals surface area contributed by atoms with Gasteiger partial charge in [0, 0.05) is 0 Å². The van der Waals surface area contributed by atoms with Crippen LogP contribution < -0.4 is 5.32 Å². The number of rotatable bonds is 6. The number of anilines is 1. The molecule has 4 nitrogen and oxygen atoms in total. The summed E-state index contributed by atoms with van der Waals surface area (Å²) in [6.45, 7) is 10.6. The van der Waals surface area contributed by atoms with Crippen LogP contribution in [0, 0.1) is 17.8 Å². The molecule has 0 aromatic heterocycles. The van der Waals surface area contributed by atoms with E-state index in [0.29, 0.717) is 17.5 Å². The Morgan fingerprint density at radius 3 is 2.33 bits per heavy atom. The molecule has 1 amide bonds. The van der Waals surface area contributed by atoms with E-state index in [2.05, 4.69) is 39.9 Å². The first-order valence-electron chi connectivity index (χ1n) is 7.56. The molecular formula is C17H27NO3. The maximum atomic E-state index is 12.0. The highest BCUT2D eigenvalue weighted by Gasteiger charge is 2.25.